The molecule has 3 rings (SSSR count). The third-order valence-corrected chi connectivity index (χ3v) is 4.44. The summed E-state index contributed by atoms with van der Waals surface area (Å²) in [6.45, 7) is 3.88. The Bertz CT molecular complexity index is 709. The lowest BCUT2D eigenvalue weighted by molar-refractivity contribution is 0.0697. The lowest BCUT2D eigenvalue weighted by atomic mass is 9.99. The van der Waals surface area contributed by atoms with Crippen molar-refractivity contribution in [2.75, 3.05) is 25.5 Å². The van der Waals surface area contributed by atoms with Gasteiger partial charge in [-0.05, 0) is 37.0 Å². The van der Waals surface area contributed by atoms with Crippen LogP contribution in [0, 0.1) is 5.92 Å². The lowest BCUT2D eigenvalue weighted by Crippen LogP contribution is -2.37. The number of hydrogen-bond acceptors (Lipinski definition) is 4. The molecule has 126 valence electrons. The Balaban J connectivity index is 1.75. The van der Waals surface area contributed by atoms with Gasteiger partial charge in [-0.3, -0.25) is 9.78 Å². The van der Waals surface area contributed by atoms with Gasteiger partial charge >= 0.3 is 0 Å². The van der Waals surface area contributed by atoms with E-state index in [0.29, 0.717) is 11.5 Å². The summed E-state index contributed by atoms with van der Waals surface area (Å²) in [5.74, 6) is 1.50. The number of benzene rings is 1. The monoisotopic (exact) mass is 325 g/mol. The Labute approximate surface area is 142 Å². The zero-order valence-corrected chi connectivity index (χ0v) is 14.2. The zero-order valence-electron chi connectivity index (χ0n) is 14.2. The van der Waals surface area contributed by atoms with E-state index < -0.39 is 0 Å². The summed E-state index contributed by atoms with van der Waals surface area (Å²) in [6, 6.07) is 9.51. The van der Waals surface area contributed by atoms with Crippen molar-refractivity contribution in [1.29, 1.82) is 0 Å². The Kier molecular flexibility index (Phi) is 4.99. The molecule has 0 unspecified atom stereocenters. The van der Waals surface area contributed by atoms with Gasteiger partial charge in [0.05, 0.1) is 30.2 Å². The van der Waals surface area contributed by atoms with Crippen LogP contribution in [0.25, 0.3) is 0 Å². The molecule has 0 bridgehead atoms. The van der Waals surface area contributed by atoms with Crippen LogP contribution in [0.2, 0.25) is 0 Å². The minimum atomic E-state index is 0.0538. The van der Waals surface area contributed by atoms with Crippen molar-refractivity contribution in [2.45, 2.75) is 19.8 Å². The smallest absolute Gasteiger partial charge is 0.255 e. The quantitative estimate of drug-likeness (QED) is 0.931. The highest BCUT2D eigenvalue weighted by molar-refractivity contribution is 5.95. The van der Waals surface area contributed by atoms with E-state index in [9.17, 15) is 4.79 Å². The summed E-state index contributed by atoms with van der Waals surface area (Å²) in [4.78, 5) is 18.8. The number of piperidine rings is 1. The molecule has 24 heavy (non-hydrogen) atoms. The second-order valence-corrected chi connectivity index (χ2v) is 6.26. The minimum Gasteiger partial charge on any atom is -0.495 e. The molecular formula is C19H23N3O2. The van der Waals surface area contributed by atoms with Crippen molar-refractivity contribution in [3.05, 3.63) is 48.3 Å². The van der Waals surface area contributed by atoms with Crippen LogP contribution in [0.4, 0.5) is 11.4 Å². The molecule has 1 aromatic heterocycles. The number of ether oxygens (including phenoxy) is 1. The van der Waals surface area contributed by atoms with Crippen LogP contribution in [0.1, 0.15) is 30.1 Å². The Morgan fingerprint density at radius 1 is 1.25 bits per heavy atom. The summed E-state index contributed by atoms with van der Waals surface area (Å²) >= 11 is 0. The molecule has 1 fully saturated rings. The molecule has 1 aromatic carbocycles. The number of carbonyl (C=O) groups excluding carboxylic acids is 1. The molecule has 2 aromatic rings. The van der Waals surface area contributed by atoms with E-state index in [1.165, 1.54) is 0 Å². The summed E-state index contributed by atoms with van der Waals surface area (Å²) in [5.41, 5.74) is 2.23. The Hall–Kier alpha value is -2.56. The van der Waals surface area contributed by atoms with Crippen molar-refractivity contribution >= 4 is 17.3 Å². The summed E-state index contributed by atoms with van der Waals surface area (Å²) in [6.07, 6.45) is 5.48. The normalized spacial score (nSPS) is 15.2. The fraction of sp³-hybridized carbons (Fsp3) is 0.368. The molecule has 2 heterocycles. The first kappa shape index (κ1) is 16.3. The van der Waals surface area contributed by atoms with Crippen molar-refractivity contribution in [3.8, 4) is 5.75 Å². The highest BCUT2D eigenvalue weighted by Gasteiger charge is 2.21. The maximum absolute atomic E-state index is 12.7. The van der Waals surface area contributed by atoms with E-state index in [-0.39, 0.29) is 5.91 Å². The molecule has 1 aliphatic heterocycles. The van der Waals surface area contributed by atoms with Gasteiger partial charge in [0.15, 0.2) is 0 Å². The number of methoxy groups -OCH3 is 1. The van der Waals surface area contributed by atoms with Crippen LogP contribution >= 0.6 is 0 Å². The van der Waals surface area contributed by atoms with Gasteiger partial charge in [0.25, 0.3) is 5.91 Å². The molecule has 5 nitrogen and oxygen atoms in total. The van der Waals surface area contributed by atoms with Crippen molar-refractivity contribution in [2.24, 2.45) is 5.92 Å². The molecule has 0 radical (unpaired) electrons. The molecular weight excluding hydrogens is 302 g/mol. The number of anilines is 2. The molecule has 1 aliphatic rings. The van der Waals surface area contributed by atoms with Gasteiger partial charge in [0.2, 0.25) is 0 Å². The van der Waals surface area contributed by atoms with E-state index in [4.69, 9.17) is 4.74 Å². The van der Waals surface area contributed by atoms with Gasteiger partial charge in [-0.1, -0.05) is 19.1 Å². The number of para-hydroxylation sites is 2. The van der Waals surface area contributed by atoms with Gasteiger partial charge in [0.1, 0.15) is 5.75 Å². The number of hydrogen-bond donors (Lipinski definition) is 1. The number of nitrogens with one attached hydrogen (secondary N) is 1. The van der Waals surface area contributed by atoms with Gasteiger partial charge in [0, 0.05) is 19.3 Å². The zero-order chi connectivity index (χ0) is 16.9. The first-order valence-electron chi connectivity index (χ1n) is 8.31. The molecule has 1 amide bonds. The first-order valence-corrected chi connectivity index (χ1v) is 8.31. The Morgan fingerprint density at radius 3 is 2.75 bits per heavy atom. The number of carbonyl (C=O) groups is 1. The van der Waals surface area contributed by atoms with E-state index in [1.54, 1.807) is 19.5 Å². The Morgan fingerprint density at radius 2 is 2.00 bits per heavy atom. The average Bonchev–Trinajstić information content (AvgIpc) is 2.62. The average molecular weight is 325 g/mol. The number of rotatable bonds is 4. The van der Waals surface area contributed by atoms with Crippen LogP contribution in [-0.2, 0) is 0 Å². The van der Waals surface area contributed by atoms with E-state index in [1.807, 2.05) is 35.2 Å². The van der Waals surface area contributed by atoms with Crippen molar-refractivity contribution in [1.82, 2.24) is 9.88 Å². The number of likely N-dealkylation sites (tertiary alicyclic amines) is 1. The predicted molar refractivity (Wildman–Crippen MR) is 94.8 cm³/mol. The molecule has 1 saturated heterocycles. The third kappa shape index (κ3) is 3.67. The maximum Gasteiger partial charge on any atom is 0.255 e. The van der Waals surface area contributed by atoms with E-state index in [2.05, 4.69) is 17.2 Å². The van der Waals surface area contributed by atoms with Gasteiger partial charge < -0.3 is 15.0 Å². The minimum absolute atomic E-state index is 0.0538. The number of amides is 1. The lowest BCUT2D eigenvalue weighted by Gasteiger charge is -2.30. The molecule has 0 saturated carbocycles. The van der Waals surface area contributed by atoms with Crippen LogP contribution in [0.3, 0.4) is 0 Å². The van der Waals surface area contributed by atoms with Gasteiger partial charge in [-0.25, -0.2) is 0 Å². The van der Waals surface area contributed by atoms with E-state index in [0.717, 1.165) is 43.1 Å². The fourth-order valence-electron chi connectivity index (χ4n) is 2.92. The first-order chi connectivity index (χ1) is 11.7. The number of aromatic nitrogens is 1. The van der Waals surface area contributed by atoms with Crippen LogP contribution < -0.4 is 10.1 Å². The summed E-state index contributed by atoms with van der Waals surface area (Å²) in [7, 11) is 1.63. The highest BCUT2D eigenvalue weighted by atomic mass is 16.5. The van der Waals surface area contributed by atoms with Crippen LogP contribution in [-0.4, -0.2) is 36.0 Å². The number of pyridine rings is 1. The molecule has 5 heteroatoms. The standard InChI is InChI=1S/C19H23N3O2/c1-14-7-9-22(10-8-14)19(23)15-11-16(13-20-12-15)21-17-5-3-4-6-18(17)24-2/h3-6,11-14,21H,7-10H2,1-2H3. The topological polar surface area (TPSA) is 54.5 Å². The van der Waals surface area contributed by atoms with Gasteiger partial charge in [-0.2, -0.15) is 0 Å². The summed E-state index contributed by atoms with van der Waals surface area (Å²) < 4.78 is 5.34. The summed E-state index contributed by atoms with van der Waals surface area (Å²) in [5, 5.41) is 3.27. The van der Waals surface area contributed by atoms with Crippen molar-refractivity contribution in [3.63, 3.8) is 0 Å². The molecule has 0 atom stereocenters. The predicted octanol–water partition coefficient (Wildman–Crippen LogP) is 3.71. The number of nitrogens with zero attached hydrogens (tertiary/aromatic N) is 2. The fourth-order valence-corrected chi connectivity index (χ4v) is 2.92. The second-order valence-electron chi connectivity index (χ2n) is 6.26. The van der Waals surface area contributed by atoms with Crippen LogP contribution in [0.5, 0.6) is 5.75 Å². The molecule has 1 N–H and O–H groups in total. The SMILES string of the molecule is COc1ccccc1Nc1cncc(C(=O)N2CCC(C)CC2)c1. The van der Waals surface area contributed by atoms with Crippen LogP contribution in [0.15, 0.2) is 42.7 Å². The highest BCUT2D eigenvalue weighted by Crippen LogP contribution is 2.27. The van der Waals surface area contributed by atoms with Crippen molar-refractivity contribution < 1.29 is 9.53 Å². The second kappa shape index (κ2) is 7.34. The molecule has 0 aliphatic carbocycles. The largest absolute Gasteiger partial charge is 0.495 e. The third-order valence-electron chi connectivity index (χ3n) is 4.44. The molecule has 0 spiro atoms. The van der Waals surface area contributed by atoms with E-state index >= 15 is 0 Å². The maximum atomic E-state index is 12.7. The van der Waals surface area contributed by atoms with Gasteiger partial charge in [-0.15, -0.1) is 0 Å².